The number of nitrogens with zero attached hydrogens (tertiary/aromatic N) is 1. The minimum absolute atomic E-state index is 0.278. The lowest BCUT2D eigenvalue weighted by molar-refractivity contribution is 0.589. The Labute approximate surface area is 97.6 Å². The molecule has 0 aliphatic carbocycles. The van der Waals surface area contributed by atoms with Crippen molar-refractivity contribution in [1.29, 1.82) is 0 Å². The van der Waals surface area contributed by atoms with E-state index in [1.54, 1.807) is 0 Å². The van der Waals surface area contributed by atoms with E-state index >= 15 is 0 Å². The van der Waals surface area contributed by atoms with Crippen LogP contribution in [0.3, 0.4) is 0 Å². The minimum atomic E-state index is -2.88. The molecule has 0 saturated carbocycles. The number of nitrogens with one attached hydrogen (secondary N) is 2. The van der Waals surface area contributed by atoms with Crippen LogP contribution in [0.15, 0.2) is 4.99 Å². The fourth-order valence-electron chi connectivity index (χ4n) is 1.77. The molecule has 16 heavy (non-hydrogen) atoms. The van der Waals surface area contributed by atoms with Crippen molar-refractivity contribution in [2.24, 2.45) is 4.99 Å². The van der Waals surface area contributed by atoms with Gasteiger partial charge < -0.3 is 10.6 Å². The van der Waals surface area contributed by atoms with E-state index in [0.717, 1.165) is 25.9 Å². The van der Waals surface area contributed by atoms with Crippen molar-refractivity contribution in [2.75, 3.05) is 25.4 Å². The molecule has 0 bridgehead atoms. The molecule has 0 spiro atoms. The first-order valence-electron chi connectivity index (χ1n) is 5.84. The molecule has 1 atom stereocenters. The highest BCUT2D eigenvalue weighted by Crippen LogP contribution is 2.19. The zero-order chi connectivity index (χ0) is 12.0. The summed E-state index contributed by atoms with van der Waals surface area (Å²) in [6.45, 7) is 5.91. The Morgan fingerprint density at radius 1 is 1.31 bits per heavy atom. The number of aliphatic imine (C=N–C) groups is 1. The third kappa shape index (κ3) is 3.66. The molecule has 1 rings (SSSR count). The maximum atomic E-state index is 11.6. The van der Waals surface area contributed by atoms with Gasteiger partial charge >= 0.3 is 0 Å². The van der Waals surface area contributed by atoms with Crippen LogP contribution in [0, 0.1) is 0 Å². The topological polar surface area (TPSA) is 70.6 Å². The summed E-state index contributed by atoms with van der Waals surface area (Å²) >= 11 is 0. The van der Waals surface area contributed by atoms with Gasteiger partial charge in [0.15, 0.2) is 15.8 Å². The number of sulfone groups is 1. The SMILES string of the molecule is CCNC(=NCC1CCCS1(=O)=O)NCC. The first-order valence-corrected chi connectivity index (χ1v) is 7.55. The highest BCUT2D eigenvalue weighted by molar-refractivity contribution is 7.92. The van der Waals surface area contributed by atoms with Crippen LogP contribution in [-0.4, -0.2) is 45.0 Å². The van der Waals surface area contributed by atoms with Crippen molar-refractivity contribution < 1.29 is 8.42 Å². The van der Waals surface area contributed by atoms with Gasteiger partial charge in [-0.3, -0.25) is 4.99 Å². The highest BCUT2D eigenvalue weighted by atomic mass is 32.2. The molecule has 1 saturated heterocycles. The average Bonchev–Trinajstić information content (AvgIpc) is 2.55. The predicted molar refractivity (Wildman–Crippen MR) is 66.5 cm³/mol. The molecule has 94 valence electrons. The number of hydrogen-bond acceptors (Lipinski definition) is 3. The van der Waals surface area contributed by atoms with Crippen molar-refractivity contribution >= 4 is 15.8 Å². The van der Waals surface area contributed by atoms with Crippen LogP contribution in [0.5, 0.6) is 0 Å². The fraction of sp³-hybridized carbons (Fsp3) is 0.900. The van der Waals surface area contributed by atoms with E-state index in [1.165, 1.54) is 0 Å². The molecular weight excluding hydrogens is 226 g/mol. The lowest BCUT2D eigenvalue weighted by Crippen LogP contribution is -2.38. The maximum absolute atomic E-state index is 11.6. The molecular formula is C10H21N3O2S. The van der Waals surface area contributed by atoms with Crippen LogP contribution in [-0.2, 0) is 9.84 Å². The van der Waals surface area contributed by atoms with Gasteiger partial charge in [-0.1, -0.05) is 0 Å². The van der Waals surface area contributed by atoms with Gasteiger partial charge in [0.1, 0.15) is 0 Å². The summed E-state index contributed by atoms with van der Waals surface area (Å²) in [6, 6.07) is 0. The largest absolute Gasteiger partial charge is 0.357 e. The van der Waals surface area contributed by atoms with Gasteiger partial charge in [0.05, 0.1) is 17.5 Å². The molecule has 0 aromatic heterocycles. The van der Waals surface area contributed by atoms with Gasteiger partial charge in [-0.05, 0) is 26.7 Å². The van der Waals surface area contributed by atoms with Gasteiger partial charge in [0.2, 0.25) is 0 Å². The third-order valence-corrected chi connectivity index (χ3v) is 4.86. The Morgan fingerprint density at radius 2 is 1.94 bits per heavy atom. The molecule has 1 heterocycles. The summed E-state index contributed by atoms with van der Waals surface area (Å²) in [4.78, 5) is 4.30. The first-order chi connectivity index (χ1) is 7.60. The Hall–Kier alpha value is -0.780. The average molecular weight is 247 g/mol. The van der Waals surface area contributed by atoms with Crippen LogP contribution in [0.1, 0.15) is 26.7 Å². The van der Waals surface area contributed by atoms with E-state index in [4.69, 9.17) is 0 Å². The zero-order valence-corrected chi connectivity index (χ0v) is 10.8. The van der Waals surface area contributed by atoms with E-state index in [1.807, 2.05) is 13.8 Å². The minimum Gasteiger partial charge on any atom is -0.357 e. The molecule has 1 fully saturated rings. The molecule has 1 unspecified atom stereocenters. The summed E-state index contributed by atoms with van der Waals surface area (Å²) in [5.41, 5.74) is 0. The van der Waals surface area contributed by atoms with E-state index < -0.39 is 9.84 Å². The molecule has 1 aliphatic rings. The molecule has 6 heteroatoms. The van der Waals surface area contributed by atoms with Gasteiger partial charge in [-0.15, -0.1) is 0 Å². The van der Waals surface area contributed by atoms with E-state index in [2.05, 4.69) is 15.6 Å². The smallest absolute Gasteiger partial charge is 0.191 e. The monoisotopic (exact) mass is 247 g/mol. The molecule has 0 radical (unpaired) electrons. The molecule has 2 N–H and O–H groups in total. The summed E-state index contributed by atoms with van der Waals surface area (Å²) < 4.78 is 23.2. The first kappa shape index (κ1) is 13.3. The standard InChI is InChI=1S/C10H21N3O2S/c1-3-11-10(12-4-2)13-8-9-6-5-7-16(9,14)15/h9H,3-8H2,1-2H3,(H2,11,12,13). The normalized spacial score (nSPS) is 22.8. The maximum Gasteiger partial charge on any atom is 0.191 e. The Morgan fingerprint density at radius 3 is 2.38 bits per heavy atom. The molecule has 0 aromatic carbocycles. The van der Waals surface area contributed by atoms with Gasteiger partial charge in [0, 0.05) is 13.1 Å². The van der Waals surface area contributed by atoms with E-state index in [9.17, 15) is 8.42 Å². The van der Waals surface area contributed by atoms with Gasteiger partial charge in [-0.2, -0.15) is 0 Å². The second-order valence-electron chi connectivity index (χ2n) is 3.88. The van der Waals surface area contributed by atoms with Crippen molar-refractivity contribution in [1.82, 2.24) is 10.6 Å². The summed E-state index contributed by atoms with van der Waals surface area (Å²) in [6.07, 6.45) is 1.53. The number of guanidine groups is 1. The predicted octanol–water partition coefficient (Wildman–Crippen LogP) is 0.139. The van der Waals surface area contributed by atoms with E-state index in [0.29, 0.717) is 18.3 Å². The molecule has 0 amide bonds. The summed E-state index contributed by atoms with van der Waals surface area (Å²) in [5.74, 6) is 1.03. The lowest BCUT2D eigenvalue weighted by atomic mass is 10.2. The highest BCUT2D eigenvalue weighted by Gasteiger charge is 2.30. The molecule has 0 aromatic rings. The Bertz CT molecular complexity index is 330. The second-order valence-corrected chi connectivity index (χ2v) is 6.28. The number of hydrogen-bond donors (Lipinski definition) is 2. The van der Waals surface area contributed by atoms with Gasteiger partial charge in [-0.25, -0.2) is 8.42 Å². The van der Waals surface area contributed by atoms with Crippen LogP contribution in [0.25, 0.3) is 0 Å². The van der Waals surface area contributed by atoms with Gasteiger partial charge in [0.25, 0.3) is 0 Å². The quantitative estimate of drug-likeness (QED) is 0.547. The van der Waals surface area contributed by atoms with Crippen molar-refractivity contribution in [3.05, 3.63) is 0 Å². The van der Waals surface area contributed by atoms with E-state index in [-0.39, 0.29) is 5.25 Å². The van der Waals surface area contributed by atoms with Crippen molar-refractivity contribution in [2.45, 2.75) is 31.9 Å². The Kier molecular flexibility index (Phi) is 5.05. The summed E-state index contributed by atoms with van der Waals surface area (Å²) in [7, 11) is -2.88. The van der Waals surface area contributed by atoms with Crippen molar-refractivity contribution in [3.63, 3.8) is 0 Å². The van der Waals surface area contributed by atoms with Crippen LogP contribution >= 0.6 is 0 Å². The van der Waals surface area contributed by atoms with Crippen LogP contribution in [0.2, 0.25) is 0 Å². The lowest BCUT2D eigenvalue weighted by Gasteiger charge is -2.11. The zero-order valence-electron chi connectivity index (χ0n) is 9.99. The Balaban J connectivity index is 2.55. The third-order valence-electron chi connectivity index (χ3n) is 2.60. The fourth-order valence-corrected chi connectivity index (χ4v) is 3.50. The summed E-state index contributed by atoms with van der Waals surface area (Å²) in [5, 5.41) is 5.88. The van der Waals surface area contributed by atoms with Crippen LogP contribution in [0.4, 0.5) is 0 Å². The molecule has 5 nitrogen and oxygen atoms in total. The second kappa shape index (κ2) is 6.08. The van der Waals surface area contributed by atoms with Crippen molar-refractivity contribution in [3.8, 4) is 0 Å². The molecule has 1 aliphatic heterocycles. The number of rotatable bonds is 4. The van der Waals surface area contributed by atoms with Crippen LogP contribution < -0.4 is 10.6 Å².